The summed E-state index contributed by atoms with van der Waals surface area (Å²) in [6.45, 7) is 1.88. The van der Waals surface area contributed by atoms with E-state index in [0.29, 0.717) is 12.0 Å². The summed E-state index contributed by atoms with van der Waals surface area (Å²) in [7, 11) is 2.04. The van der Waals surface area contributed by atoms with Crippen LogP contribution in [-0.4, -0.2) is 40.4 Å². The Hall–Kier alpha value is -1.24. The lowest BCUT2D eigenvalue weighted by molar-refractivity contribution is 0.137. The van der Waals surface area contributed by atoms with Crippen LogP contribution in [0.25, 0.3) is 10.2 Å². The van der Waals surface area contributed by atoms with Crippen molar-refractivity contribution in [1.29, 1.82) is 0 Å². The Morgan fingerprint density at radius 3 is 2.80 bits per heavy atom. The first-order chi connectivity index (χ1) is 12.2. The smallest absolute Gasteiger partial charge is 0.225 e. The molecule has 6 heteroatoms. The molecule has 5 nitrogen and oxygen atoms in total. The van der Waals surface area contributed by atoms with Crippen molar-refractivity contribution < 1.29 is 9.84 Å². The number of thiophene rings is 1. The SMILES string of the molecule is CNC1CCC(Oc2ncnc3sc4c(c23)C(CC(C)O)CC4)CC1. The molecule has 2 heterocycles. The number of aliphatic hydroxyl groups excluding tert-OH is 1. The number of nitrogens with zero attached hydrogens (tertiary/aromatic N) is 2. The highest BCUT2D eigenvalue weighted by molar-refractivity contribution is 7.19. The molecule has 2 atom stereocenters. The fourth-order valence-corrected chi connectivity index (χ4v) is 5.64. The Bertz CT molecular complexity index is 738. The zero-order chi connectivity index (χ0) is 17.4. The highest BCUT2D eigenvalue weighted by atomic mass is 32.1. The van der Waals surface area contributed by atoms with E-state index < -0.39 is 0 Å². The van der Waals surface area contributed by atoms with E-state index in [1.54, 1.807) is 17.7 Å². The fourth-order valence-electron chi connectivity index (χ4n) is 4.40. The molecule has 2 aromatic rings. The first-order valence-corrected chi connectivity index (χ1v) is 10.3. The number of aromatic nitrogens is 2. The van der Waals surface area contributed by atoms with Crippen molar-refractivity contribution in [2.45, 2.75) is 76.0 Å². The summed E-state index contributed by atoms with van der Waals surface area (Å²) in [6.07, 6.45) is 9.05. The van der Waals surface area contributed by atoms with Crippen LogP contribution in [0.2, 0.25) is 0 Å². The quantitative estimate of drug-likeness (QED) is 0.854. The van der Waals surface area contributed by atoms with Crippen LogP contribution in [0.1, 0.15) is 61.8 Å². The summed E-state index contributed by atoms with van der Waals surface area (Å²) < 4.78 is 6.36. The van der Waals surface area contributed by atoms with Gasteiger partial charge in [0.2, 0.25) is 5.88 Å². The lowest BCUT2D eigenvalue weighted by atomic mass is 9.93. The standard InChI is InChI=1S/C19H27N3O2S/c1-11(23)9-12-3-8-15-16(12)17-18(21-10-22-19(17)25-15)24-14-6-4-13(20-2)5-7-14/h10-14,20,23H,3-9H2,1-2H3. The molecule has 2 aromatic heterocycles. The van der Waals surface area contributed by atoms with Crippen LogP contribution >= 0.6 is 11.3 Å². The normalized spacial score (nSPS) is 27.4. The highest BCUT2D eigenvalue weighted by Crippen LogP contribution is 2.47. The second kappa shape index (κ2) is 7.17. The summed E-state index contributed by atoms with van der Waals surface area (Å²) in [5.74, 6) is 1.16. The van der Waals surface area contributed by atoms with Crippen molar-refractivity contribution in [2.75, 3.05) is 7.05 Å². The average molecular weight is 362 g/mol. The van der Waals surface area contributed by atoms with Crippen LogP contribution < -0.4 is 10.1 Å². The molecule has 0 amide bonds. The maximum Gasteiger partial charge on any atom is 0.225 e. The number of nitrogens with one attached hydrogen (secondary N) is 1. The minimum Gasteiger partial charge on any atom is -0.474 e. The molecule has 0 radical (unpaired) electrons. The predicted molar refractivity (Wildman–Crippen MR) is 101 cm³/mol. The second-order valence-corrected chi connectivity index (χ2v) is 8.58. The third-order valence-corrected chi connectivity index (χ3v) is 6.86. The summed E-state index contributed by atoms with van der Waals surface area (Å²) in [5.41, 5.74) is 1.35. The lowest BCUT2D eigenvalue weighted by Crippen LogP contribution is -2.34. The van der Waals surface area contributed by atoms with E-state index in [4.69, 9.17) is 4.74 Å². The Morgan fingerprint density at radius 1 is 1.28 bits per heavy atom. The molecule has 0 aliphatic heterocycles. The van der Waals surface area contributed by atoms with Crippen LogP contribution in [0.5, 0.6) is 5.88 Å². The minimum absolute atomic E-state index is 0.245. The van der Waals surface area contributed by atoms with E-state index in [-0.39, 0.29) is 12.2 Å². The largest absolute Gasteiger partial charge is 0.474 e. The molecular formula is C19H27N3O2S. The van der Waals surface area contributed by atoms with Crippen LogP contribution in [0.4, 0.5) is 0 Å². The minimum atomic E-state index is -0.281. The van der Waals surface area contributed by atoms with Gasteiger partial charge in [-0.25, -0.2) is 9.97 Å². The van der Waals surface area contributed by atoms with Crippen molar-refractivity contribution in [1.82, 2.24) is 15.3 Å². The molecule has 25 heavy (non-hydrogen) atoms. The third-order valence-electron chi connectivity index (χ3n) is 5.68. The van der Waals surface area contributed by atoms with Crippen molar-refractivity contribution in [2.24, 2.45) is 0 Å². The van der Waals surface area contributed by atoms with Crippen molar-refractivity contribution in [3.05, 3.63) is 16.8 Å². The summed E-state index contributed by atoms with van der Waals surface area (Å²) in [4.78, 5) is 11.4. The third kappa shape index (κ3) is 3.39. The second-order valence-electron chi connectivity index (χ2n) is 7.50. The van der Waals surface area contributed by atoms with E-state index in [2.05, 4.69) is 15.3 Å². The van der Waals surface area contributed by atoms with Crippen LogP contribution in [0.3, 0.4) is 0 Å². The van der Waals surface area contributed by atoms with E-state index in [0.717, 1.165) is 61.0 Å². The van der Waals surface area contributed by atoms with E-state index in [1.165, 1.54) is 10.4 Å². The van der Waals surface area contributed by atoms with Crippen molar-refractivity contribution in [3.8, 4) is 5.88 Å². The van der Waals surface area contributed by atoms with Crippen LogP contribution in [0, 0.1) is 0 Å². The number of fused-ring (bicyclic) bond motifs is 3. The van der Waals surface area contributed by atoms with E-state index in [1.807, 2.05) is 14.0 Å². The molecule has 2 unspecified atom stereocenters. The van der Waals surface area contributed by atoms with Gasteiger partial charge in [0.25, 0.3) is 0 Å². The lowest BCUT2D eigenvalue weighted by Gasteiger charge is -2.28. The summed E-state index contributed by atoms with van der Waals surface area (Å²) in [6, 6.07) is 0.617. The molecule has 0 spiro atoms. The Balaban J connectivity index is 1.62. The molecule has 2 N–H and O–H groups in total. The zero-order valence-corrected chi connectivity index (χ0v) is 15.8. The maximum atomic E-state index is 9.86. The fraction of sp³-hybridized carbons (Fsp3) is 0.684. The predicted octanol–water partition coefficient (Wildman–Crippen LogP) is 3.40. The van der Waals surface area contributed by atoms with Gasteiger partial charge in [-0.15, -0.1) is 11.3 Å². The zero-order valence-electron chi connectivity index (χ0n) is 15.0. The molecule has 4 rings (SSSR count). The topological polar surface area (TPSA) is 67.3 Å². The first-order valence-electron chi connectivity index (χ1n) is 9.44. The summed E-state index contributed by atoms with van der Waals surface area (Å²) in [5, 5.41) is 14.3. The molecule has 1 saturated carbocycles. The first kappa shape index (κ1) is 17.2. The maximum absolute atomic E-state index is 9.86. The van der Waals surface area contributed by atoms with Gasteiger partial charge in [0.05, 0.1) is 11.5 Å². The summed E-state index contributed by atoms with van der Waals surface area (Å²) >= 11 is 1.77. The Kier molecular flexibility index (Phi) is 4.93. The van der Waals surface area contributed by atoms with Gasteiger partial charge in [-0.1, -0.05) is 0 Å². The average Bonchev–Trinajstić information content (AvgIpc) is 3.15. The number of rotatable bonds is 5. The van der Waals surface area contributed by atoms with Gasteiger partial charge in [0, 0.05) is 10.9 Å². The molecule has 0 aromatic carbocycles. The Morgan fingerprint density at radius 2 is 2.08 bits per heavy atom. The molecule has 2 aliphatic carbocycles. The van der Waals surface area contributed by atoms with Gasteiger partial charge in [-0.2, -0.15) is 0 Å². The molecule has 0 bridgehead atoms. The van der Waals surface area contributed by atoms with Gasteiger partial charge in [0.1, 0.15) is 17.3 Å². The molecule has 0 saturated heterocycles. The number of aliphatic hydroxyl groups is 1. The number of aryl methyl sites for hydroxylation is 1. The van der Waals surface area contributed by atoms with Gasteiger partial charge >= 0.3 is 0 Å². The van der Waals surface area contributed by atoms with E-state index in [9.17, 15) is 5.11 Å². The van der Waals surface area contributed by atoms with E-state index >= 15 is 0 Å². The molecule has 136 valence electrons. The van der Waals surface area contributed by atoms with Gasteiger partial charge in [-0.3, -0.25) is 0 Å². The van der Waals surface area contributed by atoms with Crippen LogP contribution in [0.15, 0.2) is 6.33 Å². The Labute approximate surface area is 152 Å². The van der Waals surface area contributed by atoms with Crippen molar-refractivity contribution >= 4 is 21.6 Å². The monoisotopic (exact) mass is 361 g/mol. The number of hydrogen-bond donors (Lipinski definition) is 2. The van der Waals surface area contributed by atoms with Gasteiger partial charge in [0.15, 0.2) is 0 Å². The highest BCUT2D eigenvalue weighted by Gasteiger charge is 2.31. The van der Waals surface area contributed by atoms with Crippen LogP contribution in [-0.2, 0) is 6.42 Å². The number of hydrogen-bond acceptors (Lipinski definition) is 6. The van der Waals surface area contributed by atoms with Gasteiger partial charge in [-0.05, 0) is 70.4 Å². The number of ether oxygens (including phenoxy) is 1. The van der Waals surface area contributed by atoms with Gasteiger partial charge < -0.3 is 15.2 Å². The molecule has 2 aliphatic rings. The molecule has 1 fully saturated rings. The van der Waals surface area contributed by atoms with Crippen molar-refractivity contribution in [3.63, 3.8) is 0 Å². The molecular weight excluding hydrogens is 334 g/mol.